The molecule has 0 spiro atoms. The van der Waals surface area contributed by atoms with Crippen LogP contribution in [0.15, 0.2) is 52.3 Å². The molecule has 1 nitrogen and oxygen atoms in total. The van der Waals surface area contributed by atoms with E-state index in [0.717, 1.165) is 17.8 Å². The van der Waals surface area contributed by atoms with Gasteiger partial charge >= 0.3 is 6.18 Å². The molecular weight excluding hydrogens is 297 g/mol. The van der Waals surface area contributed by atoms with Gasteiger partial charge in [0.05, 0.1) is 5.56 Å². The lowest BCUT2D eigenvalue weighted by Gasteiger charge is -2.12. The van der Waals surface area contributed by atoms with E-state index >= 15 is 0 Å². The maximum Gasteiger partial charge on any atom is 0.417 e. The summed E-state index contributed by atoms with van der Waals surface area (Å²) in [6.45, 7) is 0. The molecule has 0 saturated heterocycles. The third kappa shape index (κ3) is 3.58. The van der Waals surface area contributed by atoms with Crippen LogP contribution >= 0.6 is 23.4 Å². The van der Waals surface area contributed by atoms with E-state index in [-0.39, 0.29) is 4.90 Å². The summed E-state index contributed by atoms with van der Waals surface area (Å²) in [6, 6.07) is 9.69. The molecule has 0 fully saturated rings. The average Bonchev–Trinajstić information content (AvgIpc) is 2.33. The second kappa shape index (κ2) is 5.35. The molecule has 0 heterocycles. The van der Waals surface area contributed by atoms with Gasteiger partial charge in [-0.15, -0.1) is 0 Å². The van der Waals surface area contributed by atoms with Crippen LogP contribution in [0.4, 0.5) is 13.2 Å². The van der Waals surface area contributed by atoms with Crippen molar-refractivity contribution in [3.05, 3.63) is 53.1 Å². The van der Waals surface area contributed by atoms with Crippen molar-refractivity contribution in [3.8, 4) is 5.75 Å². The maximum atomic E-state index is 12.8. The predicted molar refractivity (Wildman–Crippen MR) is 68.7 cm³/mol. The number of aromatic hydroxyl groups is 1. The van der Waals surface area contributed by atoms with Crippen LogP contribution in [0.3, 0.4) is 0 Å². The van der Waals surface area contributed by atoms with Crippen molar-refractivity contribution >= 4 is 23.4 Å². The molecule has 0 unspecified atom stereocenters. The van der Waals surface area contributed by atoms with Gasteiger partial charge in [0.1, 0.15) is 5.75 Å². The first kappa shape index (κ1) is 14.1. The SMILES string of the molecule is Oc1ccc(Sc2ccc(Cl)cc2)c(C(F)(F)F)c1. The molecule has 0 bridgehead atoms. The second-order valence-corrected chi connectivity index (χ2v) is 5.29. The molecule has 6 heteroatoms. The highest BCUT2D eigenvalue weighted by Gasteiger charge is 2.34. The first-order valence-corrected chi connectivity index (χ1v) is 6.39. The number of phenolic OH excluding ortho intramolecular Hbond substituents is 1. The van der Waals surface area contributed by atoms with Crippen LogP contribution < -0.4 is 0 Å². The Kier molecular flexibility index (Phi) is 3.96. The van der Waals surface area contributed by atoms with Gasteiger partial charge in [0, 0.05) is 14.8 Å². The van der Waals surface area contributed by atoms with Crippen LogP contribution in [0.1, 0.15) is 5.56 Å². The van der Waals surface area contributed by atoms with E-state index in [4.69, 9.17) is 11.6 Å². The van der Waals surface area contributed by atoms with Crippen LogP contribution in [0.2, 0.25) is 5.02 Å². The fourth-order valence-corrected chi connectivity index (χ4v) is 2.53. The molecule has 2 rings (SSSR count). The summed E-state index contributed by atoms with van der Waals surface area (Å²) >= 11 is 6.69. The predicted octanol–water partition coefficient (Wildman–Crippen LogP) is 5.22. The molecule has 0 radical (unpaired) electrons. The van der Waals surface area contributed by atoms with Gasteiger partial charge in [0.25, 0.3) is 0 Å². The summed E-state index contributed by atoms with van der Waals surface area (Å²) < 4.78 is 38.5. The van der Waals surface area contributed by atoms with Gasteiger partial charge in [-0.05, 0) is 42.5 Å². The lowest BCUT2D eigenvalue weighted by molar-refractivity contribution is -0.139. The fourth-order valence-electron chi connectivity index (χ4n) is 1.46. The largest absolute Gasteiger partial charge is 0.508 e. The third-order valence-corrected chi connectivity index (χ3v) is 3.65. The number of rotatable bonds is 2. The molecule has 1 N–H and O–H groups in total. The molecule has 0 aliphatic carbocycles. The Morgan fingerprint density at radius 1 is 1.00 bits per heavy atom. The van der Waals surface area contributed by atoms with E-state index in [1.165, 1.54) is 12.1 Å². The van der Waals surface area contributed by atoms with Gasteiger partial charge in [-0.3, -0.25) is 0 Å². The molecule has 0 aromatic heterocycles. The first-order chi connectivity index (χ1) is 8.86. The molecule has 2 aromatic carbocycles. The number of hydrogen-bond donors (Lipinski definition) is 1. The number of alkyl halides is 3. The standard InChI is InChI=1S/C13H8ClF3OS/c14-8-1-4-10(5-2-8)19-12-6-3-9(18)7-11(12)13(15,16)17/h1-7,18H. The van der Waals surface area contributed by atoms with Crippen LogP contribution in [-0.4, -0.2) is 5.11 Å². The zero-order valence-corrected chi connectivity index (χ0v) is 11.0. The van der Waals surface area contributed by atoms with Crippen LogP contribution in [0, 0.1) is 0 Å². The topological polar surface area (TPSA) is 20.2 Å². The number of benzene rings is 2. The van der Waals surface area contributed by atoms with E-state index < -0.39 is 17.5 Å². The first-order valence-electron chi connectivity index (χ1n) is 5.20. The minimum Gasteiger partial charge on any atom is -0.508 e. The van der Waals surface area contributed by atoms with E-state index in [1.807, 2.05) is 0 Å². The van der Waals surface area contributed by atoms with Crippen molar-refractivity contribution < 1.29 is 18.3 Å². The average molecular weight is 305 g/mol. The highest BCUT2D eigenvalue weighted by molar-refractivity contribution is 7.99. The summed E-state index contributed by atoms with van der Waals surface area (Å²) in [5, 5.41) is 9.70. The Labute approximate surface area is 117 Å². The number of halogens is 4. The van der Waals surface area contributed by atoms with Gasteiger partial charge in [0.15, 0.2) is 0 Å². The summed E-state index contributed by atoms with van der Waals surface area (Å²) in [6.07, 6.45) is -4.51. The molecular formula is C13H8ClF3OS. The molecule has 0 amide bonds. The lowest BCUT2D eigenvalue weighted by atomic mass is 10.2. The van der Waals surface area contributed by atoms with Gasteiger partial charge in [0.2, 0.25) is 0 Å². The highest BCUT2D eigenvalue weighted by atomic mass is 35.5. The summed E-state index contributed by atoms with van der Waals surface area (Å²) in [4.78, 5) is 0.674. The Balaban J connectivity index is 2.37. The minimum atomic E-state index is -4.51. The maximum absolute atomic E-state index is 12.8. The van der Waals surface area contributed by atoms with Crippen LogP contribution in [0.5, 0.6) is 5.75 Å². The number of phenols is 1. The van der Waals surface area contributed by atoms with Crippen molar-refractivity contribution in [3.63, 3.8) is 0 Å². The minimum absolute atomic E-state index is 0.0348. The van der Waals surface area contributed by atoms with Crippen molar-refractivity contribution in [1.82, 2.24) is 0 Å². The van der Waals surface area contributed by atoms with Gasteiger partial charge in [-0.1, -0.05) is 23.4 Å². The second-order valence-electron chi connectivity index (χ2n) is 3.73. The summed E-state index contributed by atoms with van der Waals surface area (Å²) in [5.74, 6) is -0.409. The summed E-state index contributed by atoms with van der Waals surface area (Å²) in [7, 11) is 0. The van der Waals surface area contributed by atoms with Crippen molar-refractivity contribution in [1.29, 1.82) is 0 Å². The fraction of sp³-hybridized carbons (Fsp3) is 0.0769. The molecule has 0 saturated carbocycles. The third-order valence-electron chi connectivity index (χ3n) is 2.31. The van der Waals surface area contributed by atoms with Gasteiger partial charge < -0.3 is 5.11 Å². The monoisotopic (exact) mass is 304 g/mol. The van der Waals surface area contributed by atoms with Crippen molar-refractivity contribution in [2.75, 3.05) is 0 Å². The Morgan fingerprint density at radius 3 is 2.21 bits per heavy atom. The molecule has 100 valence electrons. The highest BCUT2D eigenvalue weighted by Crippen LogP contribution is 2.41. The smallest absolute Gasteiger partial charge is 0.417 e. The van der Waals surface area contributed by atoms with Gasteiger partial charge in [-0.25, -0.2) is 0 Å². The molecule has 0 aliphatic heterocycles. The van der Waals surface area contributed by atoms with E-state index in [2.05, 4.69) is 0 Å². The van der Waals surface area contributed by atoms with Crippen molar-refractivity contribution in [2.24, 2.45) is 0 Å². The zero-order chi connectivity index (χ0) is 14.0. The van der Waals surface area contributed by atoms with Crippen LogP contribution in [-0.2, 0) is 6.18 Å². The normalized spacial score (nSPS) is 11.6. The molecule has 19 heavy (non-hydrogen) atoms. The van der Waals surface area contributed by atoms with E-state index in [9.17, 15) is 18.3 Å². The zero-order valence-electron chi connectivity index (χ0n) is 9.41. The Bertz CT molecular complexity index is 581. The molecule has 0 atom stereocenters. The van der Waals surface area contributed by atoms with Crippen LogP contribution in [0.25, 0.3) is 0 Å². The van der Waals surface area contributed by atoms with E-state index in [0.29, 0.717) is 9.92 Å². The summed E-state index contributed by atoms with van der Waals surface area (Å²) in [5.41, 5.74) is -0.854. The Hall–Kier alpha value is -1.33. The molecule has 0 aliphatic rings. The molecule has 2 aromatic rings. The van der Waals surface area contributed by atoms with Gasteiger partial charge in [-0.2, -0.15) is 13.2 Å². The van der Waals surface area contributed by atoms with E-state index in [1.54, 1.807) is 24.3 Å². The van der Waals surface area contributed by atoms with Crippen molar-refractivity contribution in [2.45, 2.75) is 16.0 Å². The quantitative estimate of drug-likeness (QED) is 0.821. The number of hydrogen-bond acceptors (Lipinski definition) is 2. The lowest BCUT2D eigenvalue weighted by Crippen LogP contribution is -2.06. The Morgan fingerprint density at radius 2 is 1.63 bits per heavy atom.